The van der Waals surface area contributed by atoms with E-state index in [1.165, 1.54) is 11.1 Å². The Bertz CT molecular complexity index is 1300. The van der Waals surface area contributed by atoms with E-state index in [4.69, 9.17) is 9.47 Å². The summed E-state index contributed by atoms with van der Waals surface area (Å²) in [5, 5.41) is -0.669. The molecule has 0 saturated carbocycles. The van der Waals surface area contributed by atoms with E-state index in [0.29, 0.717) is 17.9 Å². The van der Waals surface area contributed by atoms with Gasteiger partial charge in [0.25, 0.3) is 0 Å². The van der Waals surface area contributed by atoms with Gasteiger partial charge in [-0.2, -0.15) is 0 Å². The van der Waals surface area contributed by atoms with Crippen molar-refractivity contribution in [3.8, 4) is 11.5 Å². The van der Waals surface area contributed by atoms with Crippen molar-refractivity contribution in [2.45, 2.75) is 116 Å². The van der Waals surface area contributed by atoms with Crippen molar-refractivity contribution in [2.24, 2.45) is 0 Å². The summed E-state index contributed by atoms with van der Waals surface area (Å²) in [5.74, 6) is 1.88. The van der Waals surface area contributed by atoms with Crippen molar-refractivity contribution in [2.75, 3.05) is 6.61 Å². The second-order valence-electron chi connectivity index (χ2n) is 11.7. The van der Waals surface area contributed by atoms with Crippen LogP contribution in [0.15, 0.2) is 58.5 Å². The van der Waals surface area contributed by atoms with Crippen molar-refractivity contribution in [3.05, 3.63) is 75.9 Å². The monoisotopic (exact) mass is 552 g/mol. The van der Waals surface area contributed by atoms with Crippen LogP contribution in [0.4, 0.5) is 0 Å². The fourth-order valence-electron chi connectivity index (χ4n) is 5.42. The molecule has 39 heavy (non-hydrogen) atoms. The third-order valence-corrected chi connectivity index (χ3v) is 10.0. The third kappa shape index (κ3) is 7.57. The van der Waals surface area contributed by atoms with Gasteiger partial charge in [-0.25, -0.2) is 8.42 Å². The summed E-state index contributed by atoms with van der Waals surface area (Å²) in [6.07, 6.45) is 10.0. The van der Waals surface area contributed by atoms with E-state index in [1.807, 2.05) is 19.1 Å². The van der Waals surface area contributed by atoms with Gasteiger partial charge in [-0.3, -0.25) is 0 Å². The van der Waals surface area contributed by atoms with Crippen molar-refractivity contribution >= 4 is 9.84 Å². The average molecular weight is 553 g/mol. The van der Waals surface area contributed by atoms with Crippen LogP contribution in [0.3, 0.4) is 0 Å². The number of unbranched alkanes of at least 4 members (excludes halogenated alkanes) is 1. The molecule has 1 aliphatic rings. The summed E-state index contributed by atoms with van der Waals surface area (Å²) < 4.78 is 40.9. The number of benzene rings is 2. The topological polar surface area (TPSA) is 52.6 Å². The Morgan fingerprint density at radius 2 is 1.77 bits per heavy atom. The lowest BCUT2D eigenvalue weighted by molar-refractivity contribution is 0.0564. The molecule has 0 bridgehead atoms. The zero-order valence-electron chi connectivity index (χ0n) is 25.3. The molecule has 0 radical (unpaired) electrons. The fraction of sp³-hybridized carbons (Fsp3) is 0.529. The molecule has 2 atom stereocenters. The minimum atomic E-state index is -3.59. The number of rotatable bonds is 12. The maximum Gasteiger partial charge on any atom is 0.184 e. The van der Waals surface area contributed by atoms with Crippen LogP contribution < -0.4 is 9.47 Å². The highest BCUT2D eigenvalue weighted by Crippen LogP contribution is 2.45. The van der Waals surface area contributed by atoms with Crippen molar-refractivity contribution < 1.29 is 17.9 Å². The minimum absolute atomic E-state index is 0.361. The molecule has 0 amide bonds. The Balaban J connectivity index is 1.96. The molecule has 2 aromatic carbocycles. The fourth-order valence-corrected chi connectivity index (χ4v) is 7.29. The molecule has 1 aliphatic heterocycles. The highest BCUT2D eigenvalue weighted by molar-refractivity contribution is 7.92. The number of hydrogen-bond donors (Lipinski definition) is 0. The Morgan fingerprint density at radius 1 is 1.08 bits per heavy atom. The number of fused-ring (bicyclic) bond motifs is 1. The lowest BCUT2D eigenvalue weighted by Gasteiger charge is -2.39. The van der Waals surface area contributed by atoms with E-state index >= 15 is 0 Å². The molecule has 0 saturated heterocycles. The standard InChI is InChI=1S/C34H48O4S/c1-9-10-21-37-32-26(5)27(6)33-31(28(32)7)19-20-34(8,38-33)23-30(22-25(4)16-14-15-24(2)3)39(35,36)29-17-12-11-13-18-29/h11-13,15,17-18,22,30H,9-10,14,16,19-21,23H2,1-8H3/b25-22+/t30?,34-/m1/s1. The molecule has 3 rings (SSSR count). The zero-order valence-corrected chi connectivity index (χ0v) is 26.1. The lowest BCUT2D eigenvalue weighted by Crippen LogP contribution is -2.42. The maximum absolute atomic E-state index is 13.9. The molecule has 0 aliphatic carbocycles. The number of allylic oxidation sites excluding steroid dienone is 3. The van der Waals surface area contributed by atoms with Crippen LogP contribution in [0.2, 0.25) is 0 Å². The average Bonchev–Trinajstić information content (AvgIpc) is 2.89. The van der Waals surface area contributed by atoms with Gasteiger partial charge in [0.15, 0.2) is 9.84 Å². The molecule has 214 valence electrons. The molecule has 1 heterocycles. The summed E-state index contributed by atoms with van der Waals surface area (Å²) in [5.41, 5.74) is 6.29. The van der Waals surface area contributed by atoms with E-state index in [0.717, 1.165) is 72.3 Å². The van der Waals surface area contributed by atoms with Crippen LogP contribution in [-0.2, 0) is 16.3 Å². The first-order chi connectivity index (χ1) is 18.4. The van der Waals surface area contributed by atoms with Gasteiger partial charge in [0.05, 0.1) is 16.8 Å². The first-order valence-corrected chi connectivity index (χ1v) is 16.0. The van der Waals surface area contributed by atoms with Crippen LogP contribution in [-0.4, -0.2) is 25.9 Å². The van der Waals surface area contributed by atoms with Gasteiger partial charge >= 0.3 is 0 Å². The SMILES string of the molecule is CCCCOc1c(C)c(C)c2c(c1C)CC[C@](C)(CC(/C=C(\C)CCC=C(C)C)S(=O)(=O)c1ccccc1)O2. The second kappa shape index (κ2) is 13.2. The van der Waals surface area contributed by atoms with Gasteiger partial charge < -0.3 is 9.47 Å². The normalized spacial score (nSPS) is 18.2. The van der Waals surface area contributed by atoms with Gasteiger partial charge in [-0.1, -0.05) is 54.8 Å². The minimum Gasteiger partial charge on any atom is -0.493 e. The number of sulfone groups is 1. The zero-order chi connectivity index (χ0) is 28.8. The number of ether oxygens (including phenoxy) is 2. The van der Waals surface area contributed by atoms with Crippen molar-refractivity contribution in [3.63, 3.8) is 0 Å². The van der Waals surface area contributed by atoms with E-state index in [2.05, 4.69) is 54.5 Å². The molecule has 0 spiro atoms. The molecule has 0 fully saturated rings. The molecular formula is C34H48O4S. The maximum atomic E-state index is 13.9. The van der Waals surface area contributed by atoms with Crippen molar-refractivity contribution in [1.82, 2.24) is 0 Å². The summed E-state index contributed by atoms with van der Waals surface area (Å²) in [6.45, 7) is 17.5. The first-order valence-electron chi connectivity index (χ1n) is 14.4. The Labute approximate surface area is 237 Å². The smallest absolute Gasteiger partial charge is 0.184 e. The van der Waals surface area contributed by atoms with Gasteiger partial charge in [0.2, 0.25) is 0 Å². The van der Waals surface area contributed by atoms with E-state index in [-0.39, 0.29) is 0 Å². The highest BCUT2D eigenvalue weighted by atomic mass is 32.2. The van der Waals surface area contributed by atoms with E-state index in [1.54, 1.807) is 24.3 Å². The van der Waals surface area contributed by atoms with Crippen LogP contribution in [0.1, 0.15) is 95.4 Å². The predicted molar refractivity (Wildman–Crippen MR) is 163 cm³/mol. The van der Waals surface area contributed by atoms with Crippen LogP contribution in [0, 0.1) is 20.8 Å². The van der Waals surface area contributed by atoms with Crippen LogP contribution in [0.25, 0.3) is 0 Å². The summed E-state index contributed by atoms with van der Waals surface area (Å²) in [6, 6.07) is 8.83. The molecule has 4 nitrogen and oxygen atoms in total. The Hall–Kier alpha value is -2.53. The van der Waals surface area contributed by atoms with E-state index < -0.39 is 20.7 Å². The lowest BCUT2D eigenvalue weighted by atomic mass is 9.84. The van der Waals surface area contributed by atoms with Gasteiger partial charge in [0.1, 0.15) is 17.1 Å². The molecular weight excluding hydrogens is 504 g/mol. The Kier molecular flexibility index (Phi) is 10.5. The largest absolute Gasteiger partial charge is 0.493 e. The van der Waals surface area contributed by atoms with Gasteiger partial charge in [-0.15, -0.1) is 0 Å². The third-order valence-electron chi connectivity index (χ3n) is 7.97. The Morgan fingerprint density at radius 3 is 2.41 bits per heavy atom. The van der Waals surface area contributed by atoms with Gasteiger partial charge in [-0.05, 0) is 109 Å². The predicted octanol–water partition coefficient (Wildman–Crippen LogP) is 8.80. The number of hydrogen-bond acceptors (Lipinski definition) is 4. The molecule has 0 aromatic heterocycles. The molecule has 0 N–H and O–H groups in total. The summed E-state index contributed by atoms with van der Waals surface area (Å²) >= 11 is 0. The summed E-state index contributed by atoms with van der Waals surface area (Å²) in [4.78, 5) is 0.361. The highest BCUT2D eigenvalue weighted by Gasteiger charge is 2.40. The second-order valence-corrected chi connectivity index (χ2v) is 13.9. The summed E-state index contributed by atoms with van der Waals surface area (Å²) in [7, 11) is -3.59. The van der Waals surface area contributed by atoms with Crippen molar-refractivity contribution in [1.29, 1.82) is 0 Å². The van der Waals surface area contributed by atoms with Crippen LogP contribution in [0.5, 0.6) is 11.5 Å². The van der Waals surface area contributed by atoms with Gasteiger partial charge in [0, 0.05) is 12.0 Å². The molecule has 2 aromatic rings. The quantitative estimate of drug-likeness (QED) is 0.195. The molecule has 1 unspecified atom stereocenters. The molecule has 5 heteroatoms. The van der Waals surface area contributed by atoms with Crippen LogP contribution >= 0.6 is 0 Å². The first kappa shape index (κ1) is 31.0. The van der Waals surface area contributed by atoms with E-state index in [9.17, 15) is 8.42 Å².